The summed E-state index contributed by atoms with van der Waals surface area (Å²) in [7, 11) is 1.66. The summed E-state index contributed by atoms with van der Waals surface area (Å²) in [5.74, 6) is 1.69. The van der Waals surface area contributed by atoms with Gasteiger partial charge in [0.05, 0.1) is 12.3 Å². The summed E-state index contributed by atoms with van der Waals surface area (Å²) in [6, 6.07) is 5.99. The minimum absolute atomic E-state index is 0.0298. The van der Waals surface area contributed by atoms with Gasteiger partial charge in [-0.15, -0.1) is 6.58 Å². The van der Waals surface area contributed by atoms with Gasteiger partial charge in [0.15, 0.2) is 5.16 Å². The molecule has 3 rings (SSSR count). The second kappa shape index (κ2) is 8.53. The fourth-order valence-corrected chi connectivity index (χ4v) is 4.47. The van der Waals surface area contributed by atoms with E-state index < -0.39 is 0 Å². The first-order valence-corrected chi connectivity index (χ1v) is 10.6. The molecule has 150 valence electrons. The van der Waals surface area contributed by atoms with E-state index in [2.05, 4.69) is 27.4 Å². The van der Waals surface area contributed by atoms with Crippen molar-refractivity contribution in [1.29, 1.82) is 0 Å². The molecule has 5 nitrogen and oxygen atoms in total. The predicted octanol–water partition coefficient (Wildman–Crippen LogP) is 4.07. The highest BCUT2D eigenvalue weighted by molar-refractivity contribution is 7.99. The zero-order valence-electron chi connectivity index (χ0n) is 17.1. The summed E-state index contributed by atoms with van der Waals surface area (Å²) < 4.78 is 12.8. The summed E-state index contributed by atoms with van der Waals surface area (Å²) >= 11 is 1.58. The number of aromatic nitrogens is 2. The number of benzene rings is 1. The van der Waals surface area contributed by atoms with Crippen LogP contribution in [0, 0.1) is 0 Å². The van der Waals surface area contributed by atoms with Crippen molar-refractivity contribution in [2.45, 2.75) is 44.3 Å². The highest BCUT2D eigenvalue weighted by Crippen LogP contribution is 2.44. The molecule has 0 N–H and O–H groups in total. The average molecular weight is 401 g/mol. The van der Waals surface area contributed by atoms with E-state index in [-0.39, 0.29) is 11.0 Å². The van der Waals surface area contributed by atoms with Crippen molar-refractivity contribution in [3.05, 3.63) is 52.3 Å². The second-order valence-electron chi connectivity index (χ2n) is 7.44. The lowest BCUT2D eigenvalue weighted by Crippen LogP contribution is -2.38. The van der Waals surface area contributed by atoms with Crippen LogP contribution in [0.4, 0.5) is 0 Å². The number of allylic oxidation sites excluding steroid dienone is 1. The first-order valence-electron chi connectivity index (χ1n) is 9.57. The van der Waals surface area contributed by atoms with Crippen molar-refractivity contribution in [2.24, 2.45) is 0 Å². The van der Waals surface area contributed by atoms with Gasteiger partial charge in [-0.3, -0.25) is 9.36 Å². The Kier molecular flexibility index (Phi) is 6.30. The van der Waals surface area contributed by atoms with Crippen LogP contribution in [0.15, 0.2) is 40.8 Å². The average Bonchev–Trinajstić information content (AvgIpc) is 2.65. The number of nitrogens with zero attached hydrogens (tertiary/aromatic N) is 2. The molecule has 1 aliphatic carbocycles. The molecule has 1 aromatic carbocycles. The van der Waals surface area contributed by atoms with Crippen LogP contribution in [0.25, 0.3) is 11.3 Å². The topological polar surface area (TPSA) is 53.4 Å². The Hall–Kier alpha value is -2.05. The lowest BCUT2D eigenvalue weighted by molar-refractivity contribution is 0.145. The highest BCUT2D eigenvalue weighted by atomic mass is 32.2. The largest absolute Gasteiger partial charge is 0.491 e. The lowest BCUT2D eigenvalue weighted by Gasteiger charge is -2.34. The van der Waals surface area contributed by atoms with E-state index in [1.54, 1.807) is 29.5 Å². The molecule has 0 atom stereocenters. The van der Waals surface area contributed by atoms with Gasteiger partial charge >= 0.3 is 0 Å². The van der Waals surface area contributed by atoms with Crippen LogP contribution in [0.5, 0.6) is 5.75 Å². The fraction of sp³-hybridized carbons (Fsp3) is 0.455. The first kappa shape index (κ1) is 20.7. The van der Waals surface area contributed by atoms with Gasteiger partial charge in [-0.25, -0.2) is 4.98 Å². The Morgan fingerprint density at radius 2 is 2.14 bits per heavy atom. The zero-order chi connectivity index (χ0) is 20.3. The number of hydrogen-bond donors (Lipinski definition) is 0. The monoisotopic (exact) mass is 400 g/mol. The highest BCUT2D eigenvalue weighted by Gasteiger charge is 2.37. The van der Waals surface area contributed by atoms with Gasteiger partial charge in [-0.2, -0.15) is 0 Å². The van der Waals surface area contributed by atoms with E-state index in [4.69, 9.17) is 14.5 Å². The molecular formula is C22H28N2O3S. The molecule has 28 heavy (non-hydrogen) atoms. The van der Waals surface area contributed by atoms with Gasteiger partial charge in [-0.05, 0) is 18.2 Å². The standard InChI is InChI=1S/C22H28N2O3S/c1-6-11-24-20(25)18-19(23-21(24)28-7-2)15-9-8-10-17(27-13-12-26-5)16(15)14-22(18,3)4/h6,8-10H,1,7,11-14H2,2-5H3. The van der Waals surface area contributed by atoms with Crippen molar-refractivity contribution >= 4 is 11.8 Å². The Balaban J connectivity index is 2.22. The van der Waals surface area contributed by atoms with Crippen molar-refractivity contribution in [3.8, 4) is 17.0 Å². The number of methoxy groups -OCH3 is 1. The van der Waals surface area contributed by atoms with Crippen LogP contribution in [0.1, 0.15) is 31.9 Å². The van der Waals surface area contributed by atoms with Crippen LogP contribution in [-0.2, 0) is 23.1 Å². The number of hydrogen-bond acceptors (Lipinski definition) is 5. The SMILES string of the molecule is C=CCn1c(SCC)nc2c(c1=O)C(C)(C)Cc1c(OCCOC)cccc1-2. The summed E-state index contributed by atoms with van der Waals surface area (Å²) in [4.78, 5) is 18.4. The molecule has 0 saturated heterocycles. The van der Waals surface area contributed by atoms with Gasteiger partial charge in [0, 0.05) is 35.8 Å². The third-order valence-electron chi connectivity index (χ3n) is 4.95. The lowest BCUT2D eigenvalue weighted by atomic mass is 9.72. The first-order chi connectivity index (χ1) is 13.4. The maximum absolute atomic E-state index is 13.4. The molecule has 0 unspecified atom stereocenters. The summed E-state index contributed by atoms with van der Waals surface area (Å²) in [5.41, 5.74) is 3.34. The van der Waals surface area contributed by atoms with Gasteiger partial charge in [0.1, 0.15) is 12.4 Å². The smallest absolute Gasteiger partial charge is 0.258 e. The van der Waals surface area contributed by atoms with E-state index in [1.165, 1.54) is 0 Å². The molecule has 0 aliphatic heterocycles. The third kappa shape index (κ3) is 3.76. The molecule has 0 radical (unpaired) electrons. The van der Waals surface area contributed by atoms with E-state index in [9.17, 15) is 4.79 Å². The van der Waals surface area contributed by atoms with E-state index in [0.29, 0.717) is 19.8 Å². The van der Waals surface area contributed by atoms with Gasteiger partial charge in [-0.1, -0.05) is 50.7 Å². The Bertz CT molecular complexity index is 934. The van der Waals surface area contributed by atoms with Gasteiger partial charge in [0.25, 0.3) is 5.56 Å². The quantitative estimate of drug-likeness (QED) is 0.289. The number of ether oxygens (including phenoxy) is 2. The van der Waals surface area contributed by atoms with Crippen LogP contribution in [-0.4, -0.2) is 35.6 Å². The fourth-order valence-electron chi connectivity index (χ4n) is 3.74. The summed E-state index contributed by atoms with van der Waals surface area (Å²) in [5, 5.41) is 0.737. The van der Waals surface area contributed by atoms with Crippen molar-refractivity contribution in [1.82, 2.24) is 9.55 Å². The van der Waals surface area contributed by atoms with Crippen LogP contribution in [0.2, 0.25) is 0 Å². The molecule has 2 aromatic rings. The molecule has 1 aliphatic rings. The maximum Gasteiger partial charge on any atom is 0.258 e. The number of fused-ring (bicyclic) bond motifs is 3. The zero-order valence-corrected chi connectivity index (χ0v) is 17.9. The molecule has 1 aromatic heterocycles. The van der Waals surface area contributed by atoms with Crippen molar-refractivity contribution < 1.29 is 9.47 Å². The Labute approximate surface area is 170 Å². The number of rotatable bonds is 8. The molecule has 6 heteroatoms. The van der Waals surface area contributed by atoms with Gasteiger partial charge in [0.2, 0.25) is 0 Å². The molecule has 0 fully saturated rings. The van der Waals surface area contributed by atoms with E-state index >= 15 is 0 Å². The number of thioether (sulfide) groups is 1. The summed E-state index contributed by atoms with van der Waals surface area (Å²) in [6.07, 6.45) is 2.48. The predicted molar refractivity (Wildman–Crippen MR) is 115 cm³/mol. The Morgan fingerprint density at radius 1 is 1.36 bits per heavy atom. The normalized spacial score (nSPS) is 14.3. The molecular weight excluding hydrogens is 372 g/mol. The summed E-state index contributed by atoms with van der Waals surface area (Å²) in [6.45, 7) is 11.6. The van der Waals surface area contributed by atoms with Crippen molar-refractivity contribution in [2.75, 3.05) is 26.1 Å². The minimum atomic E-state index is -0.342. The second-order valence-corrected chi connectivity index (χ2v) is 8.67. The van der Waals surface area contributed by atoms with Crippen molar-refractivity contribution in [3.63, 3.8) is 0 Å². The van der Waals surface area contributed by atoms with Crippen LogP contribution in [0.3, 0.4) is 0 Å². The third-order valence-corrected chi connectivity index (χ3v) is 5.81. The van der Waals surface area contributed by atoms with Gasteiger partial charge < -0.3 is 9.47 Å². The Morgan fingerprint density at radius 3 is 2.82 bits per heavy atom. The molecule has 1 heterocycles. The maximum atomic E-state index is 13.4. The van der Waals surface area contributed by atoms with E-state index in [0.717, 1.165) is 45.5 Å². The molecule has 0 amide bonds. The minimum Gasteiger partial charge on any atom is -0.491 e. The molecule has 0 saturated carbocycles. The molecule has 0 bridgehead atoms. The van der Waals surface area contributed by atoms with E-state index in [1.807, 2.05) is 18.2 Å². The van der Waals surface area contributed by atoms with Crippen LogP contribution >= 0.6 is 11.8 Å². The van der Waals surface area contributed by atoms with Crippen LogP contribution < -0.4 is 10.3 Å². The molecule has 0 spiro atoms.